The Balaban J connectivity index is 2.29. The number of halogens is 1. The summed E-state index contributed by atoms with van der Waals surface area (Å²) in [5.74, 6) is 0.556. The highest BCUT2D eigenvalue weighted by molar-refractivity contribution is 6.30. The number of unbranched alkanes of at least 4 members (excludes halogenated alkanes) is 5. The smallest absolute Gasteiger partial charge is 0.263 e. The number of hydrogen-bond donors (Lipinski definition) is 1. The van der Waals surface area contributed by atoms with Crippen LogP contribution in [0.15, 0.2) is 24.3 Å². The van der Waals surface area contributed by atoms with Gasteiger partial charge in [-0.05, 0) is 44.5 Å². The van der Waals surface area contributed by atoms with Crippen LogP contribution >= 0.6 is 11.6 Å². The second kappa shape index (κ2) is 9.73. The van der Waals surface area contributed by atoms with Crippen molar-refractivity contribution in [1.29, 1.82) is 0 Å². The maximum Gasteiger partial charge on any atom is 0.263 e. The Kier molecular flexibility index (Phi) is 8.32. The van der Waals surface area contributed by atoms with Gasteiger partial charge in [-0.3, -0.25) is 4.79 Å². The van der Waals surface area contributed by atoms with Crippen molar-refractivity contribution in [3.63, 3.8) is 0 Å². The summed E-state index contributed by atoms with van der Waals surface area (Å²) in [5, 5.41) is 3.61. The molecule has 0 heterocycles. The third-order valence-electron chi connectivity index (χ3n) is 3.55. The topological polar surface area (TPSA) is 38.3 Å². The third-order valence-corrected chi connectivity index (χ3v) is 3.80. The number of benzene rings is 1. The van der Waals surface area contributed by atoms with Crippen molar-refractivity contribution in [2.45, 2.75) is 64.9 Å². The first-order valence-electron chi connectivity index (χ1n) is 8.18. The maximum absolute atomic E-state index is 12.2. The molecule has 22 heavy (non-hydrogen) atoms. The third kappa shape index (κ3) is 7.17. The zero-order valence-corrected chi connectivity index (χ0v) is 14.7. The largest absolute Gasteiger partial charge is 0.478 e. The van der Waals surface area contributed by atoms with Crippen molar-refractivity contribution in [1.82, 2.24) is 5.32 Å². The second-order valence-corrected chi connectivity index (χ2v) is 6.53. The van der Waals surface area contributed by atoms with Gasteiger partial charge >= 0.3 is 0 Å². The number of ether oxygens (including phenoxy) is 1. The van der Waals surface area contributed by atoms with Crippen molar-refractivity contribution in [2.75, 3.05) is 6.54 Å². The Bertz CT molecular complexity index is 443. The fraction of sp³-hybridized carbons (Fsp3) is 0.611. The molecule has 0 spiro atoms. The number of carbonyl (C=O) groups excluding carboxylic acids is 1. The van der Waals surface area contributed by atoms with Gasteiger partial charge in [0, 0.05) is 11.6 Å². The quantitative estimate of drug-likeness (QED) is 0.616. The second-order valence-electron chi connectivity index (χ2n) is 6.09. The monoisotopic (exact) mass is 325 g/mol. The van der Waals surface area contributed by atoms with Gasteiger partial charge in [0.25, 0.3) is 5.91 Å². The number of rotatable bonds is 10. The van der Waals surface area contributed by atoms with E-state index in [9.17, 15) is 4.79 Å². The normalized spacial score (nSPS) is 11.3. The van der Waals surface area contributed by atoms with Crippen LogP contribution in [-0.2, 0) is 4.79 Å². The Morgan fingerprint density at radius 3 is 2.32 bits per heavy atom. The average molecular weight is 326 g/mol. The molecule has 0 atom stereocenters. The molecular weight excluding hydrogens is 298 g/mol. The number of amides is 1. The summed E-state index contributed by atoms with van der Waals surface area (Å²) in [5.41, 5.74) is -0.893. The summed E-state index contributed by atoms with van der Waals surface area (Å²) in [6, 6.07) is 7.04. The van der Waals surface area contributed by atoms with Crippen LogP contribution in [0.5, 0.6) is 5.75 Å². The predicted molar refractivity (Wildman–Crippen MR) is 92.5 cm³/mol. The molecule has 0 aliphatic heterocycles. The molecule has 1 amide bonds. The molecule has 1 aromatic carbocycles. The molecule has 0 unspecified atom stereocenters. The molecular formula is C18H28ClNO2. The van der Waals surface area contributed by atoms with Gasteiger partial charge < -0.3 is 10.1 Å². The molecule has 0 bridgehead atoms. The zero-order valence-electron chi connectivity index (χ0n) is 14.0. The van der Waals surface area contributed by atoms with E-state index in [2.05, 4.69) is 12.2 Å². The van der Waals surface area contributed by atoms with Crippen molar-refractivity contribution in [3.8, 4) is 5.75 Å². The fourth-order valence-electron chi connectivity index (χ4n) is 2.16. The van der Waals surface area contributed by atoms with Gasteiger partial charge in [-0.1, -0.05) is 50.6 Å². The highest BCUT2D eigenvalue weighted by Gasteiger charge is 2.29. The van der Waals surface area contributed by atoms with Crippen molar-refractivity contribution < 1.29 is 9.53 Å². The molecule has 0 saturated carbocycles. The molecule has 0 aromatic heterocycles. The first kappa shape index (κ1) is 18.8. The van der Waals surface area contributed by atoms with E-state index >= 15 is 0 Å². The molecule has 124 valence electrons. The van der Waals surface area contributed by atoms with Crippen molar-refractivity contribution in [2.24, 2.45) is 0 Å². The van der Waals surface area contributed by atoms with E-state index in [4.69, 9.17) is 16.3 Å². The van der Waals surface area contributed by atoms with Crippen LogP contribution in [-0.4, -0.2) is 18.1 Å². The number of hydrogen-bond acceptors (Lipinski definition) is 2. The Labute approximate surface area is 139 Å². The summed E-state index contributed by atoms with van der Waals surface area (Å²) in [6.45, 7) is 6.47. The first-order chi connectivity index (χ1) is 10.5. The minimum Gasteiger partial charge on any atom is -0.478 e. The maximum atomic E-state index is 12.2. The van der Waals surface area contributed by atoms with Gasteiger partial charge in [-0.2, -0.15) is 0 Å². The fourth-order valence-corrected chi connectivity index (χ4v) is 2.29. The lowest BCUT2D eigenvalue weighted by molar-refractivity contribution is -0.134. The van der Waals surface area contributed by atoms with Gasteiger partial charge in [0.1, 0.15) is 5.75 Å². The van der Waals surface area contributed by atoms with E-state index in [-0.39, 0.29) is 5.91 Å². The minimum atomic E-state index is -0.893. The van der Waals surface area contributed by atoms with Crippen LogP contribution < -0.4 is 10.1 Å². The zero-order chi connectivity index (χ0) is 16.4. The lowest BCUT2D eigenvalue weighted by atomic mass is 10.1. The Morgan fingerprint density at radius 2 is 1.68 bits per heavy atom. The molecule has 0 fully saturated rings. The lowest BCUT2D eigenvalue weighted by Gasteiger charge is -2.25. The SMILES string of the molecule is CCCCCCCCNC(=O)C(C)(C)Oc1ccc(Cl)cc1. The predicted octanol–water partition coefficient (Wildman–Crippen LogP) is 4.97. The summed E-state index contributed by atoms with van der Waals surface area (Å²) >= 11 is 5.84. The Morgan fingerprint density at radius 1 is 1.09 bits per heavy atom. The van der Waals surface area contributed by atoms with Crippen molar-refractivity contribution in [3.05, 3.63) is 29.3 Å². The van der Waals surface area contributed by atoms with E-state index in [1.807, 2.05) is 0 Å². The van der Waals surface area contributed by atoms with Gasteiger partial charge in [-0.15, -0.1) is 0 Å². The molecule has 1 aromatic rings. The molecule has 4 heteroatoms. The molecule has 0 aliphatic rings. The van der Waals surface area contributed by atoms with Crippen LogP contribution in [0.3, 0.4) is 0 Å². The van der Waals surface area contributed by atoms with Gasteiger partial charge in [0.2, 0.25) is 0 Å². The lowest BCUT2D eigenvalue weighted by Crippen LogP contribution is -2.46. The van der Waals surface area contributed by atoms with Crippen LogP contribution in [0, 0.1) is 0 Å². The molecule has 0 saturated heterocycles. The molecule has 1 N–H and O–H groups in total. The highest BCUT2D eigenvalue weighted by atomic mass is 35.5. The Hall–Kier alpha value is -1.22. The van der Waals surface area contributed by atoms with E-state index in [1.165, 1.54) is 32.1 Å². The average Bonchev–Trinajstić information content (AvgIpc) is 2.48. The van der Waals surface area contributed by atoms with E-state index in [0.29, 0.717) is 17.3 Å². The summed E-state index contributed by atoms with van der Waals surface area (Å²) in [6.07, 6.45) is 7.27. The highest BCUT2D eigenvalue weighted by Crippen LogP contribution is 2.21. The van der Waals surface area contributed by atoms with Gasteiger partial charge in [0.15, 0.2) is 5.60 Å². The number of carbonyl (C=O) groups is 1. The van der Waals surface area contributed by atoms with Gasteiger partial charge in [-0.25, -0.2) is 0 Å². The molecule has 1 rings (SSSR count). The summed E-state index contributed by atoms with van der Waals surface area (Å²) in [7, 11) is 0. The molecule has 0 radical (unpaired) electrons. The van der Waals surface area contributed by atoms with E-state index < -0.39 is 5.60 Å². The van der Waals surface area contributed by atoms with Crippen LogP contribution in [0.1, 0.15) is 59.3 Å². The standard InChI is InChI=1S/C18H28ClNO2/c1-4-5-6-7-8-9-14-20-17(21)18(2,3)22-16-12-10-15(19)11-13-16/h10-13H,4-9,14H2,1-3H3,(H,20,21). The van der Waals surface area contributed by atoms with E-state index in [1.54, 1.807) is 38.1 Å². The summed E-state index contributed by atoms with van der Waals surface area (Å²) in [4.78, 5) is 12.2. The number of nitrogens with one attached hydrogen (secondary N) is 1. The molecule has 3 nitrogen and oxygen atoms in total. The van der Waals surface area contributed by atoms with Crippen molar-refractivity contribution >= 4 is 17.5 Å². The minimum absolute atomic E-state index is 0.0870. The molecule has 0 aliphatic carbocycles. The summed E-state index contributed by atoms with van der Waals surface area (Å²) < 4.78 is 5.76. The van der Waals surface area contributed by atoms with Crippen LogP contribution in [0.25, 0.3) is 0 Å². The van der Waals surface area contributed by atoms with Gasteiger partial charge in [0.05, 0.1) is 0 Å². The first-order valence-corrected chi connectivity index (χ1v) is 8.56. The van der Waals surface area contributed by atoms with E-state index in [0.717, 1.165) is 6.42 Å². The van der Waals surface area contributed by atoms with Crippen LogP contribution in [0.4, 0.5) is 0 Å². The van der Waals surface area contributed by atoms with Crippen LogP contribution in [0.2, 0.25) is 5.02 Å².